The van der Waals surface area contributed by atoms with Gasteiger partial charge in [-0.05, 0) is 38.0 Å². The number of carbonyl (C=O) groups is 2. The van der Waals surface area contributed by atoms with E-state index in [1.54, 1.807) is 0 Å². The number of esters is 1. The van der Waals surface area contributed by atoms with Crippen LogP contribution in [0.15, 0.2) is 18.2 Å². The molecule has 1 aliphatic heterocycles. The molecule has 1 N–H and O–H groups in total. The Balaban J connectivity index is 2.33. The number of hydrogen-bond acceptors (Lipinski definition) is 4. The van der Waals surface area contributed by atoms with E-state index < -0.39 is 29.0 Å². The van der Waals surface area contributed by atoms with Gasteiger partial charge in [0.05, 0.1) is 7.11 Å². The van der Waals surface area contributed by atoms with Crippen molar-refractivity contribution in [2.75, 3.05) is 20.3 Å². The van der Waals surface area contributed by atoms with Gasteiger partial charge in [-0.2, -0.15) is 0 Å². The van der Waals surface area contributed by atoms with E-state index in [1.807, 2.05) is 0 Å². The Hall–Kier alpha value is -2.02. The molecule has 0 saturated carbocycles. The standard InChI is InChI=1S/C16H19F2NO4/c1-16(15(21)22-2,12-9-11(17)3-4-13(12)18)19-14(20)10-5-7-23-8-6-10/h3-4,9-10H,5-8H2,1-2H3,(H,19,20)/t16-/m0/s1. The maximum atomic E-state index is 14.1. The molecule has 1 amide bonds. The second-order valence-corrected chi connectivity index (χ2v) is 5.62. The van der Waals surface area contributed by atoms with Gasteiger partial charge in [0.15, 0.2) is 5.54 Å². The van der Waals surface area contributed by atoms with Crippen LogP contribution in [0.3, 0.4) is 0 Å². The Bertz CT molecular complexity index is 602. The Morgan fingerprint density at radius 2 is 1.96 bits per heavy atom. The van der Waals surface area contributed by atoms with Crippen molar-refractivity contribution in [3.05, 3.63) is 35.4 Å². The zero-order valence-electron chi connectivity index (χ0n) is 13.0. The van der Waals surface area contributed by atoms with E-state index in [1.165, 1.54) is 6.92 Å². The fraction of sp³-hybridized carbons (Fsp3) is 0.500. The summed E-state index contributed by atoms with van der Waals surface area (Å²) >= 11 is 0. The van der Waals surface area contributed by atoms with Gasteiger partial charge in [-0.3, -0.25) is 4.79 Å². The van der Waals surface area contributed by atoms with Gasteiger partial charge < -0.3 is 14.8 Å². The van der Waals surface area contributed by atoms with Crippen LogP contribution in [0, 0.1) is 17.6 Å². The molecule has 1 atom stereocenters. The lowest BCUT2D eigenvalue weighted by Crippen LogP contribution is -2.53. The van der Waals surface area contributed by atoms with Crippen molar-refractivity contribution in [3.63, 3.8) is 0 Å². The zero-order chi connectivity index (χ0) is 17.0. The summed E-state index contributed by atoms with van der Waals surface area (Å²) in [5.74, 6) is -3.14. The number of amides is 1. The molecule has 0 spiro atoms. The van der Waals surface area contributed by atoms with Crippen LogP contribution in [-0.4, -0.2) is 32.2 Å². The minimum Gasteiger partial charge on any atom is -0.467 e. The van der Waals surface area contributed by atoms with Crippen molar-refractivity contribution < 1.29 is 27.8 Å². The topological polar surface area (TPSA) is 64.6 Å². The summed E-state index contributed by atoms with van der Waals surface area (Å²) in [6, 6.07) is 2.74. The summed E-state index contributed by atoms with van der Waals surface area (Å²) in [6.45, 7) is 2.19. The van der Waals surface area contributed by atoms with E-state index in [-0.39, 0.29) is 11.5 Å². The van der Waals surface area contributed by atoms with Crippen LogP contribution in [0.25, 0.3) is 0 Å². The number of ether oxygens (including phenoxy) is 2. The van der Waals surface area contributed by atoms with E-state index in [0.29, 0.717) is 26.1 Å². The molecule has 0 aromatic heterocycles. The summed E-state index contributed by atoms with van der Waals surface area (Å²) in [5.41, 5.74) is -2.08. The summed E-state index contributed by atoms with van der Waals surface area (Å²) in [5, 5.41) is 2.52. The molecular formula is C16H19F2NO4. The van der Waals surface area contributed by atoms with Crippen molar-refractivity contribution in [1.29, 1.82) is 0 Å². The zero-order valence-corrected chi connectivity index (χ0v) is 13.0. The maximum absolute atomic E-state index is 14.1. The number of benzene rings is 1. The van der Waals surface area contributed by atoms with Gasteiger partial charge in [0.25, 0.3) is 0 Å². The van der Waals surface area contributed by atoms with Crippen molar-refractivity contribution in [2.24, 2.45) is 5.92 Å². The molecule has 126 valence electrons. The highest BCUT2D eigenvalue weighted by molar-refractivity contribution is 5.89. The maximum Gasteiger partial charge on any atom is 0.336 e. The fourth-order valence-corrected chi connectivity index (χ4v) is 2.62. The number of hydrogen-bond donors (Lipinski definition) is 1. The molecule has 2 rings (SSSR count). The molecule has 0 aliphatic carbocycles. The summed E-state index contributed by atoms with van der Waals surface area (Å²) in [6.07, 6.45) is 1.02. The van der Waals surface area contributed by atoms with Crippen LogP contribution in [0.4, 0.5) is 8.78 Å². The predicted molar refractivity (Wildman–Crippen MR) is 77.4 cm³/mol. The number of carbonyl (C=O) groups excluding carboxylic acids is 2. The Morgan fingerprint density at radius 3 is 2.57 bits per heavy atom. The molecule has 1 heterocycles. The number of halogens is 2. The minimum absolute atomic E-state index is 0.273. The monoisotopic (exact) mass is 327 g/mol. The Kier molecular flexibility index (Phi) is 5.30. The molecule has 1 saturated heterocycles. The van der Waals surface area contributed by atoms with Crippen molar-refractivity contribution in [1.82, 2.24) is 5.32 Å². The highest BCUT2D eigenvalue weighted by Crippen LogP contribution is 2.27. The van der Waals surface area contributed by atoms with Crippen LogP contribution in [-0.2, 0) is 24.6 Å². The van der Waals surface area contributed by atoms with Gasteiger partial charge in [-0.15, -0.1) is 0 Å². The third-order valence-corrected chi connectivity index (χ3v) is 4.03. The first kappa shape index (κ1) is 17.3. The second kappa shape index (κ2) is 7.04. The second-order valence-electron chi connectivity index (χ2n) is 5.62. The first-order valence-electron chi connectivity index (χ1n) is 7.32. The lowest BCUT2D eigenvalue weighted by Gasteiger charge is -2.31. The molecule has 1 aromatic rings. The van der Waals surface area contributed by atoms with Crippen molar-refractivity contribution in [2.45, 2.75) is 25.3 Å². The van der Waals surface area contributed by atoms with Crippen LogP contribution >= 0.6 is 0 Å². The third kappa shape index (κ3) is 3.67. The average Bonchev–Trinajstić information content (AvgIpc) is 2.56. The van der Waals surface area contributed by atoms with Crippen LogP contribution in [0.5, 0.6) is 0 Å². The minimum atomic E-state index is -1.81. The molecular weight excluding hydrogens is 308 g/mol. The average molecular weight is 327 g/mol. The van der Waals surface area contributed by atoms with E-state index in [2.05, 4.69) is 10.1 Å². The molecule has 0 bridgehead atoms. The first-order chi connectivity index (χ1) is 10.9. The molecule has 23 heavy (non-hydrogen) atoms. The highest BCUT2D eigenvalue weighted by Gasteiger charge is 2.42. The smallest absolute Gasteiger partial charge is 0.336 e. The van der Waals surface area contributed by atoms with E-state index >= 15 is 0 Å². The van der Waals surface area contributed by atoms with Gasteiger partial charge in [0.2, 0.25) is 5.91 Å². The van der Waals surface area contributed by atoms with E-state index in [4.69, 9.17) is 4.74 Å². The molecule has 1 fully saturated rings. The lowest BCUT2D eigenvalue weighted by molar-refractivity contribution is -0.151. The molecule has 1 aliphatic rings. The Labute approximate surface area is 133 Å². The van der Waals surface area contributed by atoms with E-state index in [9.17, 15) is 18.4 Å². The van der Waals surface area contributed by atoms with E-state index in [0.717, 1.165) is 25.3 Å². The first-order valence-corrected chi connectivity index (χ1v) is 7.32. The quantitative estimate of drug-likeness (QED) is 0.858. The fourth-order valence-electron chi connectivity index (χ4n) is 2.62. The number of methoxy groups -OCH3 is 1. The summed E-state index contributed by atoms with van der Waals surface area (Å²) in [7, 11) is 1.12. The molecule has 5 nitrogen and oxygen atoms in total. The molecule has 7 heteroatoms. The van der Waals surface area contributed by atoms with Crippen molar-refractivity contribution in [3.8, 4) is 0 Å². The SMILES string of the molecule is COC(=O)[C@@](C)(NC(=O)C1CCOCC1)c1cc(F)ccc1F. The molecule has 0 unspecified atom stereocenters. The van der Waals surface area contributed by atoms with Crippen LogP contribution in [0.1, 0.15) is 25.3 Å². The van der Waals surface area contributed by atoms with Gasteiger partial charge in [0, 0.05) is 24.7 Å². The Morgan fingerprint density at radius 1 is 1.30 bits per heavy atom. The van der Waals surface area contributed by atoms with Gasteiger partial charge >= 0.3 is 5.97 Å². The molecule has 1 aromatic carbocycles. The number of rotatable bonds is 4. The summed E-state index contributed by atoms with van der Waals surface area (Å²) in [4.78, 5) is 24.6. The molecule has 0 radical (unpaired) electrons. The highest BCUT2D eigenvalue weighted by atomic mass is 19.1. The van der Waals surface area contributed by atoms with Crippen LogP contribution < -0.4 is 5.32 Å². The number of nitrogens with one attached hydrogen (secondary N) is 1. The normalized spacial score (nSPS) is 18.1. The van der Waals surface area contributed by atoms with Gasteiger partial charge in [-0.25, -0.2) is 13.6 Å². The van der Waals surface area contributed by atoms with Gasteiger partial charge in [0.1, 0.15) is 11.6 Å². The van der Waals surface area contributed by atoms with Crippen LogP contribution in [0.2, 0.25) is 0 Å². The third-order valence-electron chi connectivity index (χ3n) is 4.03. The van der Waals surface area contributed by atoms with Crippen molar-refractivity contribution >= 4 is 11.9 Å². The largest absolute Gasteiger partial charge is 0.467 e. The summed E-state index contributed by atoms with van der Waals surface area (Å²) < 4.78 is 37.5. The van der Waals surface area contributed by atoms with Gasteiger partial charge in [-0.1, -0.05) is 0 Å². The predicted octanol–water partition coefficient (Wildman–Crippen LogP) is 1.90. The lowest BCUT2D eigenvalue weighted by atomic mass is 9.89.